The van der Waals surface area contributed by atoms with Gasteiger partial charge < -0.3 is 19.4 Å². The first-order valence-corrected chi connectivity index (χ1v) is 11.4. The molecule has 0 aromatic carbocycles. The molecule has 0 radical (unpaired) electrons. The van der Waals surface area contributed by atoms with Gasteiger partial charge in [-0.1, -0.05) is 13.8 Å². The maximum absolute atomic E-state index is 11.5. The second kappa shape index (κ2) is 5.74. The summed E-state index contributed by atoms with van der Waals surface area (Å²) in [6, 6.07) is 3.30. The topological polar surface area (TPSA) is 83.2 Å². The fourth-order valence-corrected chi connectivity index (χ4v) is 8.81. The van der Waals surface area contributed by atoms with E-state index in [0.717, 1.165) is 50.5 Å². The molecule has 4 unspecified atom stereocenters. The summed E-state index contributed by atoms with van der Waals surface area (Å²) < 4.78 is 11.6. The normalized spacial score (nSPS) is 55.4. The highest BCUT2D eigenvalue weighted by molar-refractivity contribution is 5.38. The predicted molar refractivity (Wildman–Crippen MR) is 106 cm³/mol. The summed E-state index contributed by atoms with van der Waals surface area (Å²) in [5, 5.41) is 21.5. The molecule has 1 aliphatic heterocycles. The maximum atomic E-state index is 11.5. The minimum absolute atomic E-state index is 0.0507. The Labute approximate surface area is 171 Å². The van der Waals surface area contributed by atoms with Crippen molar-refractivity contribution in [1.29, 1.82) is 0 Å². The van der Waals surface area contributed by atoms with Gasteiger partial charge in [0.2, 0.25) is 0 Å². The molecule has 0 amide bonds. The molecule has 1 spiro atoms. The van der Waals surface area contributed by atoms with Crippen molar-refractivity contribution in [2.75, 3.05) is 0 Å². The van der Waals surface area contributed by atoms with Gasteiger partial charge in [0.25, 0.3) is 0 Å². The minimum atomic E-state index is -0.551. The Morgan fingerprint density at radius 1 is 1.03 bits per heavy atom. The van der Waals surface area contributed by atoms with Gasteiger partial charge in [-0.3, -0.25) is 0 Å². The maximum Gasteiger partial charge on any atom is 0.335 e. The first-order valence-electron chi connectivity index (χ1n) is 11.4. The van der Waals surface area contributed by atoms with Gasteiger partial charge in [-0.05, 0) is 79.7 Å². The number of aliphatic hydroxyl groups is 2. The van der Waals surface area contributed by atoms with E-state index < -0.39 is 6.10 Å². The van der Waals surface area contributed by atoms with E-state index in [2.05, 4.69) is 13.8 Å². The Hall–Kier alpha value is -1.17. The Balaban J connectivity index is 1.38. The van der Waals surface area contributed by atoms with E-state index in [1.165, 1.54) is 6.07 Å². The van der Waals surface area contributed by atoms with Crippen molar-refractivity contribution in [1.82, 2.24) is 0 Å². The first kappa shape index (κ1) is 18.6. The predicted octanol–water partition coefficient (Wildman–Crippen LogP) is 3.23. The van der Waals surface area contributed by atoms with E-state index in [0.29, 0.717) is 17.8 Å². The van der Waals surface area contributed by atoms with Crippen LogP contribution < -0.4 is 5.63 Å². The van der Waals surface area contributed by atoms with Crippen molar-refractivity contribution in [2.24, 2.45) is 28.6 Å². The fourth-order valence-electron chi connectivity index (χ4n) is 8.81. The van der Waals surface area contributed by atoms with E-state index in [1.54, 1.807) is 6.26 Å². The highest BCUT2D eigenvalue weighted by Crippen LogP contribution is 2.77. The summed E-state index contributed by atoms with van der Waals surface area (Å²) in [4.78, 5) is 11.5. The van der Waals surface area contributed by atoms with E-state index in [4.69, 9.17) is 9.15 Å². The molecule has 5 nitrogen and oxygen atoms in total. The summed E-state index contributed by atoms with van der Waals surface area (Å²) in [5.41, 5.74) is 0.457. The van der Waals surface area contributed by atoms with Gasteiger partial charge in [0, 0.05) is 17.4 Å². The number of rotatable bonds is 1. The minimum Gasteiger partial charge on any atom is -0.431 e. The monoisotopic (exact) mass is 400 g/mol. The zero-order valence-corrected chi connectivity index (χ0v) is 17.3. The molecule has 158 valence electrons. The standard InChI is InChI=1S/C24H32O5/c1-22-9-7-15(25)11-14(22)4-5-17-16(22)8-10-23(2)19(13-3-6-18(26)28-12-13)20(27)21-24(17,23)29-21/h3,6,12,14-17,19-21,25,27H,4-5,7-11H2,1-2H3/t14-,15-,16?,17?,19+,20-,21-,22?,23?,24-/m1/s1. The van der Waals surface area contributed by atoms with Gasteiger partial charge >= 0.3 is 5.63 Å². The molecule has 4 aliphatic carbocycles. The van der Waals surface area contributed by atoms with Crippen molar-refractivity contribution in [3.05, 3.63) is 34.4 Å². The third-order valence-corrected chi connectivity index (χ3v) is 10.2. The van der Waals surface area contributed by atoms with E-state index >= 15 is 0 Å². The molecule has 10 atom stereocenters. The summed E-state index contributed by atoms with van der Waals surface area (Å²) >= 11 is 0. The van der Waals surface area contributed by atoms with E-state index in [9.17, 15) is 15.0 Å². The van der Waals surface area contributed by atoms with Crippen LogP contribution in [0.1, 0.15) is 70.3 Å². The van der Waals surface area contributed by atoms with Gasteiger partial charge in [-0.15, -0.1) is 0 Å². The van der Waals surface area contributed by atoms with E-state index in [-0.39, 0.29) is 40.2 Å². The average molecular weight is 401 g/mol. The lowest BCUT2D eigenvalue weighted by atomic mass is 9.44. The average Bonchev–Trinajstić information content (AvgIpc) is 3.40. The quantitative estimate of drug-likeness (QED) is 0.707. The lowest BCUT2D eigenvalue weighted by Gasteiger charge is -2.61. The van der Waals surface area contributed by atoms with Gasteiger partial charge in [0.05, 0.1) is 18.5 Å². The molecule has 2 N–H and O–H groups in total. The van der Waals surface area contributed by atoms with Gasteiger partial charge in [-0.25, -0.2) is 4.79 Å². The van der Waals surface area contributed by atoms with Crippen LogP contribution in [-0.2, 0) is 4.74 Å². The molecule has 5 heteroatoms. The van der Waals surface area contributed by atoms with Crippen molar-refractivity contribution in [3.8, 4) is 0 Å². The Kier molecular flexibility index (Phi) is 3.68. The van der Waals surface area contributed by atoms with Gasteiger partial charge in [0.15, 0.2) is 0 Å². The summed E-state index contributed by atoms with van der Waals surface area (Å²) in [6.07, 6.45) is 8.19. The molecule has 1 saturated heterocycles. The Morgan fingerprint density at radius 2 is 1.86 bits per heavy atom. The summed E-state index contributed by atoms with van der Waals surface area (Å²) in [7, 11) is 0. The van der Waals surface area contributed by atoms with E-state index in [1.807, 2.05) is 6.07 Å². The van der Waals surface area contributed by atoms with Crippen molar-refractivity contribution >= 4 is 0 Å². The van der Waals surface area contributed by atoms with Crippen molar-refractivity contribution in [3.63, 3.8) is 0 Å². The molecule has 6 rings (SSSR count). The largest absolute Gasteiger partial charge is 0.431 e. The third-order valence-electron chi connectivity index (χ3n) is 10.2. The zero-order chi connectivity index (χ0) is 20.2. The van der Waals surface area contributed by atoms with Crippen molar-refractivity contribution < 1.29 is 19.4 Å². The number of epoxide rings is 1. The Bertz CT molecular complexity index is 875. The number of fused-ring (bicyclic) bond motifs is 3. The number of hydrogen-bond donors (Lipinski definition) is 2. The highest BCUT2D eigenvalue weighted by atomic mass is 16.6. The zero-order valence-electron chi connectivity index (χ0n) is 17.3. The number of hydrogen-bond acceptors (Lipinski definition) is 5. The Morgan fingerprint density at radius 3 is 2.62 bits per heavy atom. The molecule has 4 saturated carbocycles. The van der Waals surface area contributed by atoms with Crippen LogP contribution in [0.3, 0.4) is 0 Å². The second-order valence-corrected chi connectivity index (χ2v) is 11.1. The molecular weight excluding hydrogens is 368 g/mol. The van der Waals surface area contributed by atoms with Crippen LogP contribution >= 0.6 is 0 Å². The molecule has 5 fully saturated rings. The second-order valence-electron chi connectivity index (χ2n) is 11.1. The molecule has 0 bridgehead atoms. The van der Waals surface area contributed by atoms with Crippen LogP contribution in [0.5, 0.6) is 0 Å². The van der Waals surface area contributed by atoms with Crippen LogP contribution in [0.4, 0.5) is 0 Å². The number of aliphatic hydroxyl groups excluding tert-OH is 2. The van der Waals surface area contributed by atoms with Crippen molar-refractivity contribution in [2.45, 2.75) is 88.6 Å². The number of ether oxygens (including phenoxy) is 1. The van der Waals surface area contributed by atoms with Crippen LogP contribution in [-0.4, -0.2) is 34.1 Å². The fraction of sp³-hybridized carbons (Fsp3) is 0.792. The molecule has 2 heterocycles. The summed E-state index contributed by atoms with van der Waals surface area (Å²) in [6.45, 7) is 4.76. The smallest absolute Gasteiger partial charge is 0.335 e. The molecule has 1 aromatic rings. The molecule has 1 aromatic heterocycles. The lowest BCUT2D eigenvalue weighted by molar-refractivity contribution is -0.143. The molecule has 29 heavy (non-hydrogen) atoms. The molecular formula is C24H32O5. The van der Waals surface area contributed by atoms with Gasteiger partial charge in [0.1, 0.15) is 11.7 Å². The molecule has 5 aliphatic rings. The van der Waals surface area contributed by atoms with Crippen LogP contribution in [0.15, 0.2) is 27.6 Å². The first-order chi connectivity index (χ1) is 13.8. The SMILES string of the molecule is CC12CC[C@@H](O)C[C@H]1CCC1C2CCC2(C)[C@@H](c3ccc(=O)oc3)[C@@H](O)[C@H]3O[C@]132. The van der Waals surface area contributed by atoms with Crippen LogP contribution in [0.2, 0.25) is 0 Å². The lowest BCUT2D eigenvalue weighted by Crippen LogP contribution is -2.58. The van der Waals surface area contributed by atoms with Crippen LogP contribution in [0, 0.1) is 28.6 Å². The highest BCUT2D eigenvalue weighted by Gasteiger charge is 2.83. The third kappa shape index (κ3) is 2.14. The van der Waals surface area contributed by atoms with Crippen LogP contribution in [0.25, 0.3) is 0 Å². The van der Waals surface area contributed by atoms with Gasteiger partial charge in [-0.2, -0.15) is 0 Å². The summed E-state index contributed by atoms with van der Waals surface area (Å²) in [5.74, 6) is 1.63.